The van der Waals surface area contributed by atoms with E-state index < -0.39 is 12.0 Å². The number of rotatable bonds is 8. The predicted octanol–water partition coefficient (Wildman–Crippen LogP) is 0.596. The number of urea groups is 1. The van der Waals surface area contributed by atoms with Crippen LogP contribution in [-0.2, 0) is 14.3 Å². The highest BCUT2D eigenvalue weighted by atomic mass is 16.5. The van der Waals surface area contributed by atoms with Crippen molar-refractivity contribution in [3.63, 3.8) is 0 Å². The molecule has 1 unspecified atom stereocenters. The Morgan fingerprint density at radius 1 is 1.27 bits per heavy atom. The smallest absolute Gasteiger partial charge is 0.328 e. The fourth-order valence-electron chi connectivity index (χ4n) is 2.37. The van der Waals surface area contributed by atoms with Crippen molar-refractivity contribution in [2.45, 2.75) is 32.7 Å². The number of carbonyl (C=O) groups excluding carboxylic acids is 2. The fraction of sp³-hybridized carbons (Fsp3) is 0.867. The van der Waals surface area contributed by atoms with Gasteiger partial charge in [-0.1, -0.05) is 13.8 Å². The second-order valence-electron chi connectivity index (χ2n) is 5.91. The molecule has 1 atom stereocenters. The van der Waals surface area contributed by atoms with Crippen molar-refractivity contribution >= 4 is 12.0 Å². The SMILES string of the molecule is COC(=O)C(CC(C)C)NC(=O)NCCCN1CCOCC1. The average molecular weight is 315 g/mol. The van der Waals surface area contributed by atoms with E-state index in [2.05, 4.69) is 15.5 Å². The Morgan fingerprint density at radius 3 is 2.55 bits per heavy atom. The van der Waals surface area contributed by atoms with Crippen molar-refractivity contribution in [2.75, 3.05) is 46.5 Å². The number of hydrogen-bond acceptors (Lipinski definition) is 5. The van der Waals surface area contributed by atoms with Gasteiger partial charge in [0.25, 0.3) is 0 Å². The first-order valence-electron chi connectivity index (χ1n) is 7.95. The van der Waals surface area contributed by atoms with Crippen LogP contribution in [0.3, 0.4) is 0 Å². The van der Waals surface area contributed by atoms with E-state index in [4.69, 9.17) is 9.47 Å². The van der Waals surface area contributed by atoms with E-state index in [1.165, 1.54) is 7.11 Å². The zero-order valence-corrected chi connectivity index (χ0v) is 13.9. The third-order valence-corrected chi connectivity index (χ3v) is 3.54. The minimum absolute atomic E-state index is 0.297. The van der Waals surface area contributed by atoms with E-state index in [1.807, 2.05) is 13.8 Å². The van der Waals surface area contributed by atoms with Crippen molar-refractivity contribution in [3.05, 3.63) is 0 Å². The summed E-state index contributed by atoms with van der Waals surface area (Å²) in [6.07, 6.45) is 1.44. The number of morpholine rings is 1. The lowest BCUT2D eigenvalue weighted by molar-refractivity contribution is -0.143. The molecule has 0 spiro atoms. The molecule has 0 aliphatic carbocycles. The fourth-order valence-corrected chi connectivity index (χ4v) is 2.37. The van der Waals surface area contributed by atoms with E-state index in [1.54, 1.807) is 0 Å². The highest BCUT2D eigenvalue weighted by Crippen LogP contribution is 2.06. The molecule has 2 amide bonds. The third-order valence-electron chi connectivity index (χ3n) is 3.54. The van der Waals surface area contributed by atoms with Gasteiger partial charge in [-0.25, -0.2) is 9.59 Å². The maximum Gasteiger partial charge on any atom is 0.328 e. The van der Waals surface area contributed by atoms with E-state index in [0.29, 0.717) is 18.9 Å². The summed E-state index contributed by atoms with van der Waals surface area (Å²) in [4.78, 5) is 25.8. The Kier molecular flexibility index (Phi) is 8.84. The van der Waals surface area contributed by atoms with Gasteiger partial charge >= 0.3 is 12.0 Å². The Morgan fingerprint density at radius 2 is 1.95 bits per heavy atom. The number of amides is 2. The summed E-state index contributed by atoms with van der Waals surface area (Å²) in [6.45, 7) is 8.98. The van der Waals surface area contributed by atoms with Crippen LogP contribution in [-0.4, -0.2) is 69.4 Å². The highest BCUT2D eigenvalue weighted by Gasteiger charge is 2.22. The quantitative estimate of drug-likeness (QED) is 0.506. The molecule has 22 heavy (non-hydrogen) atoms. The van der Waals surface area contributed by atoms with Crippen LogP contribution < -0.4 is 10.6 Å². The van der Waals surface area contributed by atoms with Crippen LogP contribution in [0.15, 0.2) is 0 Å². The van der Waals surface area contributed by atoms with Gasteiger partial charge in [0.2, 0.25) is 0 Å². The van der Waals surface area contributed by atoms with Crippen molar-refractivity contribution in [1.82, 2.24) is 15.5 Å². The second-order valence-corrected chi connectivity index (χ2v) is 5.91. The number of carbonyl (C=O) groups is 2. The molecule has 0 aromatic carbocycles. The van der Waals surface area contributed by atoms with Gasteiger partial charge in [-0.3, -0.25) is 4.90 Å². The number of esters is 1. The van der Waals surface area contributed by atoms with Crippen LogP contribution in [0.2, 0.25) is 0 Å². The number of nitrogens with one attached hydrogen (secondary N) is 2. The van der Waals surface area contributed by atoms with Crippen LogP contribution in [0.5, 0.6) is 0 Å². The van der Waals surface area contributed by atoms with Crippen molar-refractivity contribution in [3.8, 4) is 0 Å². The molecule has 7 nitrogen and oxygen atoms in total. The molecule has 1 fully saturated rings. The highest BCUT2D eigenvalue weighted by molar-refractivity contribution is 5.83. The summed E-state index contributed by atoms with van der Waals surface area (Å²) >= 11 is 0. The average Bonchev–Trinajstić information content (AvgIpc) is 2.50. The van der Waals surface area contributed by atoms with Crippen LogP contribution in [0.25, 0.3) is 0 Å². The predicted molar refractivity (Wildman–Crippen MR) is 83.7 cm³/mol. The van der Waals surface area contributed by atoms with E-state index in [0.717, 1.165) is 39.3 Å². The lowest BCUT2D eigenvalue weighted by atomic mass is 10.0. The maximum absolute atomic E-state index is 11.8. The van der Waals surface area contributed by atoms with Gasteiger partial charge < -0.3 is 20.1 Å². The molecule has 7 heteroatoms. The minimum atomic E-state index is -0.593. The summed E-state index contributed by atoms with van der Waals surface area (Å²) in [7, 11) is 1.33. The van der Waals surface area contributed by atoms with Gasteiger partial charge in [0.05, 0.1) is 20.3 Å². The molecule has 1 heterocycles. The number of hydrogen-bond donors (Lipinski definition) is 2. The van der Waals surface area contributed by atoms with Crippen LogP contribution in [0.4, 0.5) is 4.79 Å². The van der Waals surface area contributed by atoms with E-state index >= 15 is 0 Å². The molecule has 1 aliphatic heterocycles. The molecular formula is C15H29N3O4. The van der Waals surface area contributed by atoms with E-state index in [-0.39, 0.29) is 6.03 Å². The summed E-state index contributed by atoms with van der Waals surface area (Å²) in [5.41, 5.74) is 0. The molecule has 1 saturated heterocycles. The van der Waals surface area contributed by atoms with Gasteiger partial charge in [-0.2, -0.15) is 0 Å². The summed E-state index contributed by atoms with van der Waals surface area (Å²) in [6, 6.07) is -0.915. The van der Waals surface area contributed by atoms with Gasteiger partial charge in [-0.15, -0.1) is 0 Å². The Bertz CT molecular complexity index is 344. The zero-order valence-electron chi connectivity index (χ0n) is 13.9. The number of methoxy groups -OCH3 is 1. The summed E-state index contributed by atoms with van der Waals surface area (Å²) < 4.78 is 10.0. The number of nitrogens with zero attached hydrogens (tertiary/aromatic N) is 1. The van der Waals surface area contributed by atoms with Gasteiger partial charge in [0.1, 0.15) is 6.04 Å². The first-order valence-corrected chi connectivity index (χ1v) is 7.95. The van der Waals surface area contributed by atoms with Crippen molar-refractivity contribution < 1.29 is 19.1 Å². The monoisotopic (exact) mass is 315 g/mol. The zero-order chi connectivity index (χ0) is 16.4. The topological polar surface area (TPSA) is 79.9 Å². The van der Waals surface area contributed by atoms with Crippen LogP contribution >= 0.6 is 0 Å². The van der Waals surface area contributed by atoms with Gasteiger partial charge in [0, 0.05) is 19.6 Å². The molecule has 128 valence electrons. The first kappa shape index (κ1) is 18.7. The summed E-state index contributed by atoms with van der Waals surface area (Å²) in [5.74, 6) is -0.108. The van der Waals surface area contributed by atoms with Gasteiger partial charge in [-0.05, 0) is 25.3 Å². The Hall–Kier alpha value is -1.34. The molecule has 0 aromatic heterocycles. The standard InChI is InChI=1S/C15H29N3O4/c1-12(2)11-13(14(19)21-3)17-15(20)16-5-4-6-18-7-9-22-10-8-18/h12-13H,4-11H2,1-3H3,(H2,16,17,20). The molecule has 1 rings (SSSR count). The maximum atomic E-state index is 11.8. The second kappa shape index (κ2) is 10.4. The molecular weight excluding hydrogens is 286 g/mol. The van der Waals surface area contributed by atoms with Crippen molar-refractivity contribution in [2.24, 2.45) is 5.92 Å². The lowest BCUT2D eigenvalue weighted by Gasteiger charge is -2.26. The third kappa shape index (κ3) is 7.61. The van der Waals surface area contributed by atoms with Crippen molar-refractivity contribution in [1.29, 1.82) is 0 Å². The van der Waals surface area contributed by atoms with Gasteiger partial charge in [0.15, 0.2) is 0 Å². The molecule has 2 N–H and O–H groups in total. The molecule has 0 bridgehead atoms. The van der Waals surface area contributed by atoms with Crippen LogP contribution in [0.1, 0.15) is 26.7 Å². The van der Waals surface area contributed by atoms with Crippen LogP contribution in [0, 0.1) is 5.92 Å². The van der Waals surface area contributed by atoms with E-state index in [9.17, 15) is 9.59 Å². The number of ether oxygens (including phenoxy) is 2. The molecule has 1 aliphatic rings. The molecule has 0 radical (unpaired) electrons. The molecule has 0 aromatic rings. The largest absolute Gasteiger partial charge is 0.467 e. The summed E-state index contributed by atoms with van der Waals surface area (Å²) in [5, 5.41) is 5.47. The normalized spacial score (nSPS) is 17.1. The Labute approximate surface area is 132 Å². The molecule has 0 saturated carbocycles. The minimum Gasteiger partial charge on any atom is -0.467 e. The first-order chi connectivity index (χ1) is 10.5. The Balaban J connectivity index is 2.20. The lowest BCUT2D eigenvalue weighted by Crippen LogP contribution is -2.47.